The molecule has 13 rings (SSSR count). The van der Waals surface area contributed by atoms with E-state index < -0.39 is 0 Å². The number of hydrogen-bond acceptors (Lipinski definition) is 2. The van der Waals surface area contributed by atoms with Crippen molar-refractivity contribution >= 4 is 77.2 Å². The molecule has 2 nitrogen and oxygen atoms in total. The maximum absolute atomic E-state index is 2.51. The van der Waals surface area contributed by atoms with Crippen LogP contribution in [0, 0.1) is 0 Å². The van der Waals surface area contributed by atoms with Crippen molar-refractivity contribution in [1.29, 1.82) is 0 Å². The molecule has 0 spiro atoms. The average molecular weight is 917 g/mol. The summed E-state index contributed by atoms with van der Waals surface area (Å²) >= 11 is 0. The molecule has 0 aliphatic heterocycles. The monoisotopic (exact) mass is 916 g/mol. The first-order valence-corrected chi connectivity index (χ1v) is 24.7. The lowest BCUT2D eigenvalue weighted by Crippen LogP contribution is -2.15. The van der Waals surface area contributed by atoms with Gasteiger partial charge in [0.05, 0.1) is 11.4 Å². The van der Waals surface area contributed by atoms with Crippen LogP contribution in [0.5, 0.6) is 0 Å². The molecule has 13 aromatic rings. The first kappa shape index (κ1) is 42.6. The lowest BCUT2D eigenvalue weighted by atomic mass is 9.90. The van der Waals surface area contributed by atoms with Gasteiger partial charge in [-0.1, -0.05) is 231 Å². The fourth-order valence-electron chi connectivity index (χ4n) is 10.6. The predicted molar refractivity (Wildman–Crippen MR) is 308 cm³/mol. The maximum Gasteiger partial charge on any atom is 0.0620 e. The second-order valence-electron chi connectivity index (χ2n) is 18.5. The molecule has 0 heterocycles. The molecule has 0 fully saturated rings. The SMILES string of the molecule is c1ccc(-c2cccc(N(c3ccc4ccccc4c3)c3c4ccc(-c5ccccc5)cc4c(N(c4cccc(-c5ccccc5)c4)c4ccc5ccccc5c4)c4ccc(-c5ccccc5)cc34)c2)cc1. The summed E-state index contributed by atoms with van der Waals surface area (Å²) < 4.78 is 0. The van der Waals surface area contributed by atoms with Gasteiger partial charge in [-0.05, 0) is 127 Å². The Morgan fingerprint density at radius 1 is 0.167 bits per heavy atom. The Bertz CT molecular complexity index is 3820. The summed E-state index contributed by atoms with van der Waals surface area (Å²) in [4.78, 5) is 5.03. The Balaban J connectivity index is 1.19. The summed E-state index contributed by atoms with van der Waals surface area (Å²) in [6.07, 6.45) is 0. The van der Waals surface area contributed by atoms with E-state index in [-0.39, 0.29) is 0 Å². The van der Waals surface area contributed by atoms with Crippen molar-refractivity contribution < 1.29 is 0 Å². The summed E-state index contributed by atoms with van der Waals surface area (Å²) in [5, 5.41) is 9.29. The van der Waals surface area contributed by atoms with Crippen LogP contribution in [-0.2, 0) is 0 Å². The molecule has 0 radical (unpaired) electrons. The summed E-state index contributed by atoms with van der Waals surface area (Å²) in [6, 6.07) is 107. The van der Waals surface area contributed by atoms with E-state index in [2.05, 4.69) is 301 Å². The molecule has 72 heavy (non-hydrogen) atoms. The van der Waals surface area contributed by atoms with Crippen LogP contribution in [0.15, 0.2) is 291 Å². The van der Waals surface area contributed by atoms with Gasteiger partial charge in [0.1, 0.15) is 0 Å². The summed E-state index contributed by atoms with van der Waals surface area (Å²) in [5.74, 6) is 0. The van der Waals surface area contributed by atoms with Crippen molar-refractivity contribution in [3.05, 3.63) is 291 Å². The maximum atomic E-state index is 2.51. The van der Waals surface area contributed by atoms with Gasteiger partial charge in [-0.2, -0.15) is 0 Å². The molecule has 0 aliphatic carbocycles. The zero-order valence-electron chi connectivity index (χ0n) is 39.6. The molecule has 0 N–H and O–H groups in total. The second kappa shape index (κ2) is 18.4. The van der Waals surface area contributed by atoms with Crippen molar-refractivity contribution in [2.24, 2.45) is 0 Å². The molecule has 13 aromatic carbocycles. The van der Waals surface area contributed by atoms with Crippen LogP contribution < -0.4 is 9.80 Å². The van der Waals surface area contributed by atoms with Crippen LogP contribution in [0.1, 0.15) is 0 Å². The lowest BCUT2D eigenvalue weighted by Gasteiger charge is -2.33. The van der Waals surface area contributed by atoms with Gasteiger partial charge in [-0.25, -0.2) is 0 Å². The predicted octanol–water partition coefficient (Wildman–Crippen LogP) is 19.9. The molecule has 338 valence electrons. The molecular formula is C70H48N2. The van der Waals surface area contributed by atoms with E-state index in [9.17, 15) is 0 Å². The topological polar surface area (TPSA) is 6.48 Å². The number of anilines is 6. The fourth-order valence-corrected chi connectivity index (χ4v) is 10.6. The molecule has 0 atom stereocenters. The minimum Gasteiger partial charge on any atom is -0.309 e. The third-order valence-corrected chi connectivity index (χ3v) is 14.1. The Hall–Kier alpha value is -9.50. The van der Waals surface area contributed by atoms with E-state index in [0.29, 0.717) is 0 Å². The minimum absolute atomic E-state index is 1.07. The molecule has 0 unspecified atom stereocenters. The normalized spacial score (nSPS) is 11.3. The van der Waals surface area contributed by atoms with E-state index in [1.54, 1.807) is 0 Å². The van der Waals surface area contributed by atoms with E-state index in [4.69, 9.17) is 0 Å². The second-order valence-corrected chi connectivity index (χ2v) is 18.5. The molecule has 0 bridgehead atoms. The third-order valence-electron chi connectivity index (χ3n) is 14.1. The zero-order valence-corrected chi connectivity index (χ0v) is 39.6. The number of nitrogens with zero attached hydrogens (tertiary/aromatic N) is 2. The Morgan fingerprint density at radius 3 is 0.847 bits per heavy atom. The van der Waals surface area contributed by atoms with Crippen LogP contribution in [0.25, 0.3) is 87.6 Å². The third kappa shape index (κ3) is 7.92. The van der Waals surface area contributed by atoms with Gasteiger partial charge in [0.15, 0.2) is 0 Å². The van der Waals surface area contributed by atoms with Crippen molar-refractivity contribution in [3.8, 4) is 44.5 Å². The lowest BCUT2D eigenvalue weighted by molar-refractivity contribution is 1.30. The van der Waals surface area contributed by atoms with Gasteiger partial charge in [0, 0.05) is 44.3 Å². The van der Waals surface area contributed by atoms with Gasteiger partial charge < -0.3 is 9.80 Å². The van der Waals surface area contributed by atoms with Crippen LogP contribution in [0.4, 0.5) is 34.1 Å². The highest BCUT2D eigenvalue weighted by atomic mass is 15.2. The molecule has 0 aliphatic rings. The molecule has 0 aromatic heterocycles. The van der Waals surface area contributed by atoms with E-state index in [1.165, 1.54) is 32.7 Å². The van der Waals surface area contributed by atoms with Crippen molar-refractivity contribution in [2.75, 3.05) is 9.80 Å². The quantitative estimate of drug-likeness (QED) is 0.0996. The van der Waals surface area contributed by atoms with E-state index in [1.807, 2.05) is 0 Å². The van der Waals surface area contributed by atoms with Gasteiger partial charge in [0.25, 0.3) is 0 Å². The van der Waals surface area contributed by atoms with Crippen molar-refractivity contribution in [3.63, 3.8) is 0 Å². The number of fused-ring (bicyclic) bond motifs is 4. The summed E-state index contributed by atoms with van der Waals surface area (Å²) in [7, 11) is 0. The van der Waals surface area contributed by atoms with Crippen LogP contribution in [0.2, 0.25) is 0 Å². The molecule has 0 saturated carbocycles. The molecule has 0 amide bonds. The Morgan fingerprint density at radius 2 is 0.472 bits per heavy atom. The first-order chi connectivity index (χ1) is 35.7. The largest absolute Gasteiger partial charge is 0.309 e. The van der Waals surface area contributed by atoms with Crippen molar-refractivity contribution in [2.45, 2.75) is 0 Å². The van der Waals surface area contributed by atoms with E-state index in [0.717, 1.165) is 89.0 Å². The highest BCUT2D eigenvalue weighted by Crippen LogP contribution is 2.53. The number of rotatable bonds is 10. The van der Waals surface area contributed by atoms with Crippen LogP contribution in [0.3, 0.4) is 0 Å². The highest BCUT2D eigenvalue weighted by Gasteiger charge is 2.27. The van der Waals surface area contributed by atoms with Crippen LogP contribution >= 0.6 is 0 Å². The minimum atomic E-state index is 1.07. The van der Waals surface area contributed by atoms with Gasteiger partial charge in [-0.15, -0.1) is 0 Å². The highest BCUT2D eigenvalue weighted by molar-refractivity contribution is 6.24. The number of hydrogen-bond donors (Lipinski definition) is 0. The Kier molecular flexibility index (Phi) is 10.9. The summed E-state index contributed by atoms with van der Waals surface area (Å²) in [5.41, 5.74) is 15.8. The van der Waals surface area contributed by atoms with Crippen molar-refractivity contribution in [1.82, 2.24) is 0 Å². The smallest absolute Gasteiger partial charge is 0.0620 e. The number of benzene rings is 13. The van der Waals surface area contributed by atoms with Gasteiger partial charge in [0.2, 0.25) is 0 Å². The zero-order chi connectivity index (χ0) is 47.8. The fraction of sp³-hybridized carbons (Fsp3) is 0. The molecule has 0 saturated heterocycles. The first-order valence-electron chi connectivity index (χ1n) is 24.7. The summed E-state index contributed by atoms with van der Waals surface area (Å²) in [6.45, 7) is 0. The van der Waals surface area contributed by atoms with Gasteiger partial charge in [-0.3, -0.25) is 0 Å². The average Bonchev–Trinajstić information content (AvgIpc) is 3.46. The van der Waals surface area contributed by atoms with E-state index >= 15 is 0 Å². The molecular weight excluding hydrogens is 869 g/mol. The molecule has 2 heteroatoms. The Labute approximate surface area is 420 Å². The van der Waals surface area contributed by atoms with Gasteiger partial charge >= 0.3 is 0 Å². The van der Waals surface area contributed by atoms with Crippen LogP contribution in [-0.4, -0.2) is 0 Å². The standard InChI is InChI=1S/C70H48N2/c1-5-19-49(20-6-1)57-31-17-33-61(43-57)71(63-39-35-53-27-13-15-29-55(53)45-63)69-65-41-37-60(52-25-11-4-12-26-52)48-68(65)70(66-42-38-59(47-67(66)69)51-23-9-3-10-24-51)72(64-40-36-54-28-14-16-30-56(54)46-64)62-34-18-32-58(44-62)50-21-7-2-8-22-50/h1-48H.